The Morgan fingerprint density at radius 1 is 1.06 bits per heavy atom. The topological polar surface area (TPSA) is 99.3 Å². The van der Waals surface area contributed by atoms with Gasteiger partial charge in [-0.25, -0.2) is 8.42 Å². The summed E-state index contributed by atoms with van der Waals surface area (Å²) in [5.74, 6) is -0.307. The first-order valence-electron chi connectivity index (χ1n) is 10.8. The monoisotopic (exact) mass is 453 g/mol. The van der Waals surface area contributed by atoms with E-state index >= 15 is 0 Å². The fourth-order valence-electron chi connectivity index (χ4n) is 4.02. The van der Waals surface area contributed by atoms with Crippen LogP contribution >= 0.6 is 0 Å². The molecule has 2 aromatic carbocycles. The fraction of sp³-hybridized carbons (Fsp3) is 0.333. The van der Waals surface area contributed by atoms with Crippen LogP contribution in [0, 0.1) is 13.8 Å². The van der Waals surface area contributed by atoms with Gasteiger partial charge in [0, 0.05) is 30.8 Å². The number of hydrogen-bond acceptors (Lipinski definition) is 4. The lowest BCUT2D eigenvalue weighted by atomic mass is 10.0. The maximum atomic E-state index is 12.6. The lowest BCUT2D eigenvalue weighted by molar-refractivity contribution is 0.0954. The summed E-state index contributed by atoms with van der Waals surface area (Å²) >= 11 is 0. The van der Waals surface area contributed by atoms with Crippen LogP contribution in [0.3, 0.4) is 0 Å². The lowest BCUT2D eigenvalue weighted by Gasteiger charge is -2.15. The first-order valence-corrected chi connectivity index (χ1v) is 12.2. The van der Waals surface area contributed by atoms with E-state index in [2.05, 4.69) is 10.3 Å². The van der Waals surface area contributed by atoms with Gasteiger partial charge in [0.15, 0.2) is 0 Å². The van der Waals surface area contributed by atoms with Gasteiger partial charge in [-0.05, 0) is 80.0 Å². The number of aromatic nitrogens is 1. The zero-order chi connectivity index (χ0) is 22.9. The highest BCUT2D eigenvalue weighted by Gasteiger charge is 2.27. The molecule has 2 heterocycles. The molecule has 0 radical (unpaired) electrons. The van der Waals surface area contributed by atoms with Gasteiger partial charge in [-0.1, -0.05) is 12.1 Å². The Hall–Kier alpha value is -2.97. The molecule has 168 valence electrons. The van der Waals surface area contributed by atoms with E-state index in [9.17, 15) is 18.0 Å². The molecule has 0 spiro atoms. The van der Waals surface area contributed by atoms with Crippen molar-refractivity contribution in [2.45, 2.75) is 38.0 Å². The van der Waals surface area contributed by atoms with Gasteiger partial charge in [0.1, 0.15) is 0 Å². The van der Waals surface area contributed by atoms with Crippen LogP contribution in [0.15, 0.2) is 52.2 Å². The number of H-pyrrole nitrogens is 1. The van der Waals surface area contributed by atoms with E-state index in [0.717, 1.165) is 34.9 Å². The van der Waals surface area contributed by atoms with Crippen molar-refractivity contribution in [3.63, 3.8) is 0 Å². The van der Waals surface area contributed by atoms with Crippen molar-refractivity contribution in [2.24, 2.45) is 0 Å². The third-order valence-electron chi connectivity index (χ3n) is 6.13. The molecule has 0 unspecified atom stereocenters. The largest absolute Gasteiger partial charge is 0.352 e. The van der Waals surface area contributed by atoms with Gasteiger partial charge < -0.3 is 10.3 Å². The number of aryl methyl sites for hydroxylation is 2. The van der Waals surface area contributed by atoms with Crippen molar-refractivity contribution in [1.82, 2.24) is 14.6 Å². The second-order valence-corrected chi connectivity index (χ2v) is 10.2. The minimum absolute atomic E-state index is 0.156. The summed E-state index contributed by atoms with van der Waals surface area (Å²) in [6.07, 6.45) is 2.14. The molecule has 1 fully saturated rings. The number of hydrogen-bond donors (Lipinski definition) is 2. The molecule has 1 aromatic heterocycles. The zero-order valence-electron chi connectivity index (χ0n) is 18.3. The van der Waals surface area contributed by atoms with Gasteiger partial charge in [0.25, 0.3) is 11.5 Å². The molecular formula is C24H27N3O4S. The summed E-state index contributed by atoms with van der Waals surface area (Å²) in [5.41, 5.74) is 3.84. The maximum absolute atomic E-state index is 12.6. The number of fused-ring (bicyclic) bond motifs is 1. The van der Waals surface area contributed by atoms with Crippen LogP contribution in [0.25, 0.3) is 10.9 Å². The molecule has 2 N–H and O–H groups in total. The number of carbonyl (C=O) groups excluding carboxylic acids is 1. The van der Waals surface area contributed by atoms with E-state index in [1.54, 1.807) is 0 Å². The Morgan fingerprint density at radius 2 is 1.75 bits per heavy atom. The predicted octanol–water partition coefficient (Wildman–Crippen LogP) is 2.90. The van der Waals surface area contributed by atoms with E-state index in [4.69, 9.17) is 0 Å². The minimum atomic E-state index is -3.50. The lowest BCUT2D eigenvalue weighted by Crippen LogP contribution is -2.28. The first-order chi connectivity index (χ1) is 15.3. The van der Waals surface area contributed by atoms with Crippen molar-refractivity contribution in [3.05, 3.63) is 75.1 Å². The molecule has 8 heteroatoms. The molecule has 1 aliphatic heterocycles. The minimum Gasteiger partial charge on any atom is -0.352 e. The number of aromatic amines is 1. The van der Waals surface area contributed by atoms with E-state index in [-0.39, 0.29) is 16.4 Å². The number of benzene rings is 2. The molecule has 0 bridgehead atoms. The summed E-state index contributed by atoms with van der Waals surface area (Å²) in [7, 11) is -3.50. The van der Waals surface area contributed by atoms with Crippen LogP contribution in [-0.4, -0.2) is 43.2 Å². The molecule has 1 saturated heterocycles. The van der Waals surface area contributed by atoms with Crippen LogP contribution in [-0.2, 0) is 16.4 Å². The highest BCUT2D eigenvalue weighted by atomic mass is 32.2. The summed E-state index contributed by atoms with van der Waals surface area (Å²) in [6.45, 7) is 5.36. The molecule has 1 amide bonds. The number of pyridine rings is 1. The Morgan fingerprint density at radius 3 is 2.44 bits per heavy atom. The molecule has 0 aliphatic carbocycles. The van der Waals surface area contributed by atoms with Gasteiger partial charge in [-0.2, -0.15) is 4.31 Å². The van der Waals surface area contributed by atoms with Crippen LogP contribution in [0.4, 0.5) is 0 Å². The van der Waals surface area contributed by atoms with Crippen molar-refractivity contribution in [3.8, 4) is 0 Å². The van der Waals surface area contributed by atoms with E-state index in [1.807, 2.05) is 32.0 Å². The first kappa shape index (κ1) is 22.2. The van der Waals surface area contributed by atoms with Gasteiger partial charge >= 0.3 is 0 Å². The standard InChI is InChI=1S/C24H27N3O4S/c1-16-5-6-19-15-20(24(29)26-22(19)17(16)2)11-12-25-23(28)18-7-9-21(10-8-18)32(30,31)27-13-3-4-14-27/h5-10,15H,3-4,11-14H2,1-2H3,(H,25,28)(H,26,29). The number of carbonyl (C=O) groups is 1. The van der Waals surface area contributed by atoms with Crippen LogP contribution in [0.5, 0.6) is 0 Å². The average molecular weight is 454 g/mol. The molecule has 3 aromatic rings. The Labute approximate surface area is 187 Å². The number of nitrogens with zero attached hydrogens (tertiary/aromatic N) is 1. The molecule has 4 rings (SSSR count). The quantitative estimate of drug-likeness (QED) is 0.599. The number of sulfonamides is 1. The number of nitrogens with one attached hydrogen (secondary N) is 2. The highest BCUT2D eigenvalue weighted by Crippen LogP contribution is 2.21. The van der Waals surface area contributed by atoms with E-state index in [1.165, 1.54) is 28.6 Å². The van der Waals surface area contributed by atoms with Gasteiger partial charge in [0.05, 0.1) is 10.4 Å². The van der Waals surface area contributed by atoms with Crippen molar-refractivity contribution in [2.75, 3.05) is 19.6 Å². The normalized spacial score (nSPS) is 14.7. The van der Waals surface area contributed by atoms with Crippen molar-refractivity contribution >= 4 is 26.8 Å². The molecule has 0 saturated carbocycles. The maximum Gasteiger partial charge on any atom is 0.251 e. The Kier molecular flexibility index (Phi) is 6.17. The van der Waals surface area contributed by atoms with E-state index in [0.29, 0.717) is 37.2 Å². The molecule has 32 heavy (non-hydrogen) atoms. The van der Waals surface area contributed by atoms with Crippen molar-refractivity contribution < 1.29 is 13.2 Å². The second-order valence-electron chi connectivity index (χ2n) is 8.24. The third-order valence-corrected chi connectivity index (χ3v) is 8.04. The fourth-order valence-corrected chi connectivity index (χ4v) is 5.54. The third kappa shape index (κ3) is 4.33. The van der Waals surface area contributed by atoms with Gasteiger partial charge in [0.2, 0.25) is 10.0 Å². The molecule has 0 atom stereocenters. The van der Waals surface area contributed by atoms with Crippen molar-refractivity contribution in [1.29, 1.82) is 0 Å². The summed E-state index contributed by atoms with van der Waals surface area (Å²) in [5, 5.41) is 3.77. The summed E-state index contributed by atoms with van der Waals surface area (Å²) < 4.78 is 26.7. The molecular weight excluding hydrogens is 426 g/mol. The second kappa shape index (κ2) is 8.88. The van der Waals surface area contributed by atoms with Gasteiger partial charge in [-0.15, -0.1) is 0 Å². The van der Waals surface area contributed by atoms with Crippen LogP contribution < -0.4 is 10.9 Å². The Balaban J connectivity index is 1.40. The summed E-state index contributed by atoms with van der Waals surface area (Å²) in [6, 6.07) is 11.9. The van der Waals surface area contributed by atoms with Crippen LogP contribution in [0.2, 0.25) is 0 Å². The summed E-state index contributed by atoms with van der Waals surface area (Å²) in [4.78, 5) is 28.1. The molecule has 1 aliphatic rings. The SMILES string of the molecule is Cc1ccc2cc(CCNC(=O)c3ccc(S(=O)(=O)N4CCCC4)cc3)c(=O)[nH]c2c1C. The van der Waals surface area contributed by atoms with Crippen LogP contribution in [0.1, 0.15) is 39.9 Å². The van der Waals surface area contributed by atoms with E-state index < -0.39 is 10.0 Å². The molecule has 7 nitrogen and oxygen atoms in total. The Bertz CT molecular complexity index is 1320. The van der Waals surface area contributed by atoms with Gasteiger partial charge in [-0.3, -0.25) is 9.59 Å². The smallest absolute Gasteiger partial charge is 0.251 e. The number of rotatable bonds is 6. The average Bonchev–Trinajstić information content (AvgIpc) is 3.33. The number of amides is 1. The zero-order valence-corrected chi connectivity index (χ0v) is 19.1. The predicted molar refractivity (Wildman–Crippen MR) is 125 cm³/mol. The highest BCUT2D eigenvalue weighted by molar-refractivity contribution is 7.89.